The number of pyridine rings is 1. The third kappa shape index (κ3) is 3.41. The zero-order valence-corrected chi connectivity index (χ0v) is 10.7. The summed E-state index contributed by atoms with van der Waals surface area (Å²) < 4.78 is 0. The maximum absolute atomic E-state index is 5.90. The van der Waals surface area contributed by atoms with Crippen molar-refractivity contribution in [1.82, 2.24) is 4.98 Å². The van der Waals surface area contributed by atoms with E-state index < -0.39 is 0 Å². The summed E-state index contributed by atoms with van der Waals surface area (Å²) in [5.41, 5.74) is 1.15. The molecule has 16 heavy (non-hydrogen) atoms. The molecule has 0 fully saturated rings. The van der Waals surface area contributed by atoms with Crippen LogP contribution in [0.4, 0.5) is 0 Å². The highest BCUT2D eigenvalue weighted by atomic mass is 35.5. The van der Waals surface area contributed by atoms with Crippen molar-refractivity contribution in [1.29, 1.82) is 0 Å². The molecule has 0 aliphatic rings. The summed E-state index contributed by atoms with van der Waals surface area (Å²) in [6.07, 6.45) is 1.79. The van der Waals surface area contributed by atoms with Crippen LogP contribution >= 0.6 is 35.0 Å². The van der Waals surface area contributed by atoms with Crippen LogP contribution in [0.1, 0.15) is 5.56 Å². The zero-order valence-electron chi connectivity index (χ0n) is 8.36. The number of halogens is 2. The lowest BCUT2D eigenvalue weighted by molar-refractivity contribution is 1.25. The Balaban J connectivity index is 1.99. The number of hydrogen-bond acceptors (Lipinski definition) is 2. The van der Waals surface area contributed by atoms with Gasteiger partial charge in [-0.1, -0.05) is 35.3 Å². The lowest BCUT2D eigenvalue weighted by Crippen LogP contribution is -1.82. The molecule has 2 rings (SSSR count). The summed E-state index contributed by atoms with van der Waals surface area (Å²) in [6, 6.07) is 11.6. The maximum atomic E-state index is 5.90. The maximum Gasteiger partial charge on any atom is 0.129 e. The predicted octanol–water partition coefficient (Wildman–Crippen LogP) is 4.68. The van der Waals surface area contributed by atoms with Gasteiger partial charge >= 0.3 is 0 Å². The monoisotopic (exact) mass is 269 g/mol. The minimum absolute atomic E-state index is 0.525. The van der Waals surface area contributed by atoms with Crippen LogP contribution in [0.15, 0.2) is 47.5 Å². The average molecular weight is 270 g/mol. The van der Waals surface area contributed by atoms with Crippen LogP contribution in [0.25, 0.3) is 0 Å². The van der Waals surface area contributed by atoms with Crippen LogP contribution in [0.5, 0.6) is 0 Å². The van der Waals surface area contributed by atoms with Crippen LogP contribution in [-0.2, 0) is 5.75 Å². The molecule has 0 saturated carbocycles. The van der Waals surface area contributed by atoms with Crippen LogP contribution in [0.2, 0.25) is 10.2 Å². The molecular formula is C12H9Cl2NS. The van der Waals surface area contributed by atoms with E-state index in [9.17, 15) is 0 Å². The Kier molecular flexibility index (Phi) is 4.10. The number of hydrogen-bond donors (Lipinski definition) is 0. The minimum Gasteiger partial charge on any atom is -0.244 e. The number of thioether (sulfide) groups is 1. The van der Waals surface area contributed by atoms with Crippen LogP contribution in [-0.4, -0.2) is 4.98 Å². The van der Waals surface area contributed by atoms with Gasteiger partial charge in [-0.05, 0) is 29.8 Å². The number of benzene rings is 1. The van der Waals surface area contributed by atoms with Gasteiger partial charge in [0.15, 0.2) is 0 Å². The van der Waals surface area contributed by atoms with Gasteiger partial charge in [0.1, 0.15) is 5.15 Å². The van der Waals surface area contributed by atoms with Crippen molar-refractivity contribution < 1.29 is 0 Å². The number of aromatic nitrogens is 1. The van der Waals surface area contributed by atoms with Crippen LogP contribution in [0.3, 0.4) is 0 Å². The van der Waals surface area contributed by atoms with E-state index in [0.29, 0.717) is 5.15 Å². The highest BCUT2D eigenvalue weighted by Crippen LogP contribution is 2.25. The standard InChI is InChI=1S/C12H9Cl2NS/c13-10-2-1-3-11(6-10)16-8-9-4-5-12(14)15-7-9/h1-7H,8H2. The third-order valence-corrected chi connectivity index (χ3v) is 3.51. The first-order valence-electron chi connectivity index (χ1n) is 4.73. The van der Waals surface area contributed by atoms with Gasteiger partial charge in [0, 0.05) is 21.9 Å². The summed E-state index contributed by atoms with van der Waals surface area (Å²) in [7, 11) is 0. The highest BCUT2D eigenvalue weighted by molar-refractivity contribution is 7.98. The lowest BCUT2D eigenvalue weighted by atomic mass is 10.3. The third-order valence-electron chi connectivity index (χ3n) is 1.99. The normalized spacial score (nSPS) is 10.4. The first-order valence-corrected chi connectivity index (χ1v) is 6.47. The van der Waals surface area contributed by atoms with E-state index in [0.717, 1.165) is 21.2 Å². The van der Waals surface area contributed by atoms with Crippen molar-refractivity contribution in [3.8, 4) is 0 Å². The largest absolute Gasteiger partial charge is 0.244 e. The van der Waals surface area contributed by atoms with Gasteiger partial charge in [0.05, 0.1) is 0 Å². The van der Waals surface area contributed by atoms with Gasteiger partial charge in [0.2, 0.25) is 0 Å². The SMILES string of the molecule is Clc1cccc(SCc2ccc(Cl)nc2)c1. The first-order chi connectivity index (χ1) is 7.74. The Morgan fingerprint density at radius 3 is 2.69 bits per heavy atom. The molecule has 0 bridgehead atoms. The molecule has 0 amide bonds. The minimum atomic E-state index is 0.525. The van der Waals surface area contributed by atoms with Crippen LogP contribution in [0, 0.1) is 0 Å². The van der Waals surface area contributed by atoms with Crippen molar-refractivity contribution >= 4 is 35.0 Å². The molecule has 1 aromatic heterocycles. The number of nitrogens with zero attached hydrogens (tertiary/aromatic N) is 1. The molecule has 0 atom stereocenters. The van der Waals surface area contributed by atoms with Crippen molar-refractivity contribution in [3.63, 3.8) is 0 Å². The topological polar surface area (TPSA) is 12.9 Å². The summed E-state index contributed by atoms with van der Waals surface area (Å²) in [4.78, 5) is 5.19. The second-order valence-corrected chi connectivity index (χ2v) is 5.11. The van der Waals surface area contributed by atoms with Crippen molar-refractivity contribution in [2.75, 3.05) is 0 Å². The molecular weight excluding hydrogens is 261 g/mol. The first kappa shape index (κ1) is 11.8. The van der Waals surface area contributed by atoms with E-state index in [2.05, 4.69) is 4.98 Å². The van der Waals surface area contributed by atoms with E-state index in [1.54, 1.807) is 24.0 Å². The van der Waals surface area contributed by atoms with E-state index in [1.807, 2.05) is 30.3 Å². The van der Waals surface area contributed by atoms with Crippen molar-refractivity contribution in [2.24, 2.45) is 0 Å². The summed E-state index contributed by atoms with van der Waals surface area (Å²) in [6.45, 7) is 0. The Morgan fingerprint density at radius 2 is 2.00 bits per heavy atom. The fourth-order valence-corrected chi connectivity index (χ4v) is 2.47. The fourth-order valence-electron chi connectivity index (χ4n) is 1.22. The molecule has 0 spiro atoms. The molecule has 1 aromatic carbocycles. The molecule has 0 unspecified atom stereocenters. The Hall–Kier alpha value is -0.700. The summed E-state index contributed by atoms with van der Waals surface area (Å²) in [5, 5.41) is 1.29. The average Bonchev–Trinajstić information content (AvgIpc) is 2.28. The molecule has 4 heteroatoms. The molecule has 1 nitrogen and oxygen atoms in total. The lowest BCUT2D eigenvalue weighted by Gasteiger charge is -2.02. The Bertz CT molecular complexity index is 471. The van der Waals surface area contributed by atoms with Gasteiger partial charge in [-0.25, -0.2) is 4.98 Å². The molecule has 0 aliphatic carbocycles. The number of rotatable bonds is 3. The molecule has 0 aliphatic heterocycles. The summed E-state index contributed by atoms with van der Waals surface area (Å²) >= 11 is 13.3. The quantitative estimate of drug-likeness (QED) is 0.593. The second-order valence-electron chi connectivity index (χ2n) is 3.24. The van der Waals surface area contributed by atoms with Gasteiger partial charge in [-0.15, -0.1) is 11.8 Å². The van der Waals surface area contributed by atoms with E-state index in [-0.39, 0.29) is 0 Å². The molecule has 1 heterocycles. The second kappa shape index (κ2) is 5.58. The Morgan fingerprint density at radius 1 is 1.12 bits per heavy atom. The van der Waals surface area contributed by atoms with Gasteiger partial charge < -0.3 is 0 Å². The molecule has 0 saturated heterocycles. The Labute approximate surface area is 109 Å². The van der Waals surface area contributed by atoms with Crippen molar-refractivity contribution in [3.05, 3.63) is 58.3 Å². The van der Waals surface area contributed by atoms with E-state index in [4.69, 9.17) is 23.2 Å². The zero-order chi connectivity index (χ0) is 11.4. The molecule has 2 aromatic rings. The molecule has 0 radical (unpaired) electrons. The van der Waals surface area contributed by atoms with E-state index in [1.165, 1.54) is 0 Å². The molecule has 0 N–H and O–H groups in total. The van der Waals surface area contributed by atoms with Crippen molar-refractivity contribution in [2.45, 2.75) is 10.6 Å². The van der Waals surface area contributed by atoms with E-state index >= 15 is 0 Å². The smallest absolute Gasteiger partial charge is 0.129 e. The fraction of sp³-hybridized carbons (Fsp3) is 0.0833. The highest BCUT2D eigenvalue weighted by Gasteiger charge is 1.98. The van der Waals surface area contributed by atoms with Gasteiger partial charge in [0.25, 0.3) is 0 Å². The van der Waals surface area contributed by atoms with Crippen LogP contribution < -0.4 is 0 Å². The van der Waals surface area contributed by atoms with Gasteiger partial charge in [-0.3, -0.25) is 0 Å². The molecule has 82 valence electrons. The summed E-state index contributed by atoms with van der Waals surface area (Å²) in [5.74, 6) is 0.866. The van der Waals surface area contributed by atoms with Gasteiger partial charge in [-0.2, -0.15) is 0 Å². The predicted molar refractivity (Wildman–Crippen MR) is 70.3 cm³/mol.